The van der Waals surface area contributed by atoms with Gasteiger partial charge in [0, 0.05) is 18.8 Å². The third-order valence-corrected chi connectivity index (χ3v) is 3.05. The molecule has 0 aliphatic rings. The Kier molecular flexibility index (Phi) is 4.89. The van der Waals surface area contributed by atoms with Crippen LogP contribution in [-0.2, 0) is 33.2 Å². The maximum absolute atomic E-state index is 10.9. The van der Waals surface area contributed by atoms with Crippen molar-refractivity contribution in [3.05, 3.63) is 36.0 Å². The molecule has 0 radical (unpaired) electrons. The first-order valence-corrected chi connectivity index (χ1v) is 8.31. The predicted molar refractivity (Wildman–Crippen MR) is 73.9 cm³/mol. The van der Waals surface area contributed by atoms with Gasteiger partial charge in [0.2, 0.25) is 10.0 Å². The second kappa shape index (κ2) is 5.89. The summed E-state index contributed by atoms with van der Waals surface area (Å²) in [6, 6.07) is 7.48. The fourth-order valence-electron chi connectivity index (χ4n) is 1.65. The number of nitrogens with zero attached hydrogens (tertiary/aromatic N) is 1. The van der Waals surface area contributed by atoms with Crippen molar-refractivity contribution in [2.75, 3.05) is 0 Å². The lowest BCUT2D eigenvalue weighted by Gasteiger charge is -2.00. The van der Waals surface area contributed by atoms with Crippen molar-refractivity contribution < 1.29 is 25.9 Å². The van der Waals surface area contributed by atoms with Gasteiger partial charge in [-0.15, -0.1) is 0 Å². The third kappa shape index (κ3) is 6.12. The van der Waals surface area contributed by atoms with Gasteiger partial charge in [0.25, 0.3) is 0 Å². The van der Waals surface area contributed by atoms with Gasteiger partial charge in [0.05, 0.1) is 5.75 Å². The summed E-state index contributed by atoms with van der Waals surface area (Å²) in [5.74, 6) is -0.113. The molecular weight excluding hydrogens is 308 g/mol. The van der Waals surface area contributed by atoms with Crippen LogP contribution in [-0.4, -0.2) is 30.5 Å². The Balaban J connectivity index is 0.000000347. The van der Waals surface area contributed by atoms with Gasteiger partial charge in [0.15, 0.2) is 0 Å². The standard InChI is InChI=1S/C10H12N2O2S.H2O4S/c1-12-5-4-9-6-8(2-3-10(9)12)7-15(11,13)14;1-5(2,3)4/h2-6H,7H2,1H3,(H2,11,13,14);(H2,1,2,3,4). The van der Waals surface area contributed by atoms with E-state index in [0.29, 0.717) is 0 Å². The predicted octanol–water partition coefficient (Wildman–Crippen LogP) is 0.314. The number of benzene rings is 1. The summed E-state index contributed by atoms with van der Waals surface area (Å²) in [6.45, 7) is 0. The van der Waals surface area contributed by atoms with Gasteiger partial charge in [-0.25, -0.2) is 13.6 Å². The molecule has 8 nitrogen and oxygen atoms in total. The van der Waals surface area contributed by atoms with E-state index in [1.54, 1.807) is 6.07 Å². The van der Waals surface area contributed by atoms with Gasteiger partial charge < -0.3 is 4.57 Å². The van der Waals surface area contributed by atoms with Crippen LogP contribution in [0.4, 0.5) is 0 Å². The Morgan fingerprint density at radius 1 is 1.15 bits per heavy atom. The summed E-state index contributed by atoms with van der Waals surface area (Å²) >= 11 is 0. The summed E-state index contributed by atoms with van der Waals surface area (Å²) in [5, 5.41) is 6.01. The van der Waals surface area contributed by atoms with Crippen LogP contribution in [0.2, 0.25) is 0 Å². The number of rotatable bonds is 2. The van der Waals surface area contributed by atoms with Gasteiger partial charge >= 0.3 is 10.4 Å². The average molecular weight is 322 g/mol. The van der Waals surface area contributed by atoms with Crippen LogP contribution in [0.15, 0.2) is 30.5 Å². The Hall–Kier alpha value is -1.46. The van der Waals surface area contributed by atoms with Crippen molar-refractivity contribution in [1.29, 1.82) is 0 Å². The molecule has 0 fully saturated rings. The summed E-state index contributed by atoms with van der Waals surface area (Å²) in [4.78, 5) is 0. The number of hydrogen-bond acceptors (Lipinski definition) is 4. The first-order valence-electron chi connectivity index (χ1n) is 5.20. The van der Waals surface area contributed by atoms with E-state index in [1.807, 2.05) is 36.0 Å². The number of fused-ring (bicyclic) bond motifs is 1. The molecule has 0 bridgehead atoms. The minimum absolute atomic E-state index is 0.113. The van der Waals surface area contributed by atoms with Crippen LogP contribution in [0.5, 0.6) is 0 Å². The van der Waals surface area contributed by atoms with Crippen molar-refractivity contribution in [2.45, 2.75) is 5.75 Å². The first kappa shape index (κ1) is 16.6. The highest BCUT2D eigenvalue weighted by Crippen LogP contribution is 2.17. The molecule has 10 heteroatoms. The van der Waals surface area contributed by atoms with E-state index in [4.69, 9.17) is 22.7 Å². The highest BCUT2D eigenvalue weighted by molar-refractivity contribution is 7.88. The number of nitrogens with two attached hydrogens (primary N) is 1. The minimum Gasteiger partial charge on any atom is -0.351 e. The fourth-order valence-corrected chi connectivity index (χ4v) is 2.30. The topological polar surface area (TPSA) is 140 Å². The van der Waals surface area contributed by atoms with Crippen LogP contribution in [0.1, 0.15) is 5.56 Å². The van der Waals surface area contributed by atoms with Gasteiger partial charge in [-0.3, -0.25) is 9.11 Å². The fraction of sp³-hybridized carbons (Fsp3) is 0.200. The molecule has 1 aromatic carbocycles. The van der Waals surface area contributed by atoms with E-state index in [-0.39, 0.29) is 5.75 Å². The number of aryl methyl sites for hydroxylation is 1. The lowest BCUT2D eigenvalue weighted by Crippen LogP contribution is -2.14. The Bertz CT molecular complexity index is 799. The smallest absolute Gasteiger partial charge is 0.351 e. The van der Waals surface area contributed by atoms with E-state index in [2.05, 4.69) is 0 Å². The monoisotopic (exact) mass is 322 g/mol. The van der Waals surface area contributed by atoms with E-state index in [0.717, 1.165) is 16.5 Å². The van der Waals surface area contributed by atoms with Crippen LogP contribution in [0, 0.1) is 0 Å². The molecule has 0 spiro atoms. The first-order chi connectivity index (χ1) is 8.96. The summed E-state index contributed by atoms with van der Waals surface area (Å²) in [5.41, 5.74) is 1.80. The molecule has 112 valence electrons. The maximum Gasteiger partial charge on any atom is 0.394 e. The number of sulfonamides is 1. The number of primary sulfonamides is 1. The molecule has 20 heavy (non-hydrogen) atoms. The molecule has 0 saturated heterocycles. The van der Waals surface area contributed by atoms with Crippen LogP contribution < -0.4 is 5.14 Å². The number of aromatic nitrogens is 1. The van der Waals surface area contributed by atoms with E-state index < -0.39 is 20.4 Å². The molecule has 4 N–H and O–H groups in total. The third-order valence-electron chi connectivity index (χ3n) is 2.32. The van der Waals surface area contributed by atoms with Gasteiger partial charge in [0.1, 0.15) is 0 Å². The highest BCUT2D eigenvalue weighted by Gasteiger charge is 2.06. The van der Waals surface area contributed by atoms with Gasteiger partial charge in [-0.1, -0.05) is 6.07 Å². The molecule has 0 unspecified atom stereocenters. The lowest BCUT2D eigenvalue weighted by atomic mass is 10.2. The van der Waals surface area contributed by atoms with Gasteiger partial charge in [-0.05, 0) is 29.1 Å². The normalized spacial score (nSPS) is 12.0. The average Bonchev–Trinajstić information content (AvgIpc) is 2.55. The molecule has 0 saturated carbocycles. The zero-order valence-electron chi connectivity index (χ0n) is 10.5. The summed E-state index contributed by atoms with van der Waals surface area (Å²) < 4.78 is 55.4. The summed E-state index contributed by atoms with van der Waals surface area (Å²) in [6.07, 6.45) is 1.94. The van der Waals surface area contributed by atoms with Crippen molar-refractivity contribution in [3.63, 3.8) is 0 Å². The Morgan fingerprint density at radius 2 is 1.70 bits per heavy atom. The van der Waals surface area contributed by atoms with Crippen LogP contribution in [0.25, 0.3) is 10.9 Å². The minimum atomic E-state index is -4.67. The second-order valence-corrected chi connectivity index (χ2v) is 6.58. The molecule has 0 aliphatic carbocycles. The highest BCUT2D eigenvalue weighted by atomic mass is 32.3. The summed E-state index contributed by atoms with van der Waals surface area (Å²) in [7, 11) is -6.17. The number of hydrogen-bond donors (Lipinski definition) is 3. The zero-order valence-corrected chi connectivity index (χ0v) is 12.1. The van der Waals surface area contributed by atoms with Gasteiger partial charge in [-0.2, -0.15) is 8.42 Å². The molecular formula is C10H14N2O6S2. The maximum atomic E-state index is 10.9. The molecule has 0 atom stereocenters. The van der Waals surface area contributed by atoms with E-state index in [1.165, 1.54) is 0 Å². The van der Waals surface area contributed by atoms with Crippen molar-refractivity contribution in [2.24, 2.45) is 12.2 Å². The van der Waals surface area contributed by atoms with Crippen molar-refractivity contribution in [3.8, 4) is 0 Å². The van der Waals surface area contributed by atoms with E-state index >= 15 is 0 Å². The lowest BCUT2D eigenvalue weighted by molar-refractivity contribution is 0.381. The van der Waals surface area contributed by atoms with Crippen LogP contribution in [0.3, 0.4) is 0 Å². The molecule has 2 aromatic rings. The molecule has 0 amide bonds. The van der Waals surface area contributed by atoms with Crippen molar-refractivity contribution >= 4 is 31.3 Å². The molecule has 0 aliphatic heterocycles. The SMILES string of the molecule is Cn1ccc2cc(CS(N)(=O)=O)ccc21.O=S(=O)(O)O. The molecule has 1 aromatic heterocycles. The Morgan fingerprint density at radius 3 is 2.20 bits per heavy atom. The molecule has 2 rings (SSSR count). The molecule has 1 heterocycles. The quantitative estimate of drug-likeness (QED) is 0.680. The second-order valence-electron chi connectivity index (χ2n) is 4.07. The van der Waals surface area contributed by atoms with Crippen molar-refractivity contribution in [1.82, 2.24) is 4.57 Å². The van der Waals surface area contributed by atoms with E-state index in [9.17, 15) is 8.42 Å². The largest absolute Gasteiger partial charge is 0.394 e. The van der Waals surface area contributed by atoms with Crippen LogP contribution >= 0.6 is 0 Å². The zero-order chi connectivity index (χ0) is 15.6. The Labute approximate surface area is 116 Å².